The molecule has 17 heavy (non-hydrogen) atoms. The first kappa shape index (κ1) is 16.4. The molecule has 0 aliphatic rings. The molecule has 3 nitrogen and oxygen atoms in total. The molecule has 0 spiro atoms. The van der Waals surface area contributed by atoms with E-state index in [0.29, 0.717) is 6.54 Å². The molecule has 0 aromatic rings. The van der Waals surface area contributed by atoms with Gasteiger partial charge in [-0.1, -0.05) is 58.8 Å². The second-order valence-electron chi connectivity index (χ2n) is 4.61. The van der Waals surface area contributed by atoms with Crippen LogP contribution in [0.15, 0.2) is 0 Å². The zero-order valence-corrected chi connectivity index (χ0v) is 11.7. The van der Waals surface area contributed by atoms with E-state index in [1.165, 1.54) is 44.9 Å². The van der Waals surface area contributed by atoms with Gasteiger partial charge in [0.1, 0.15) is 0 Å². The second-order valence-corrected chi connectivity index (χ2v) is 4.61. The number of carbonyl (C=O) groups excluding carboxylic acids is 1. The van der Waals surface area contributed by atoms with Gasteiger partial charge < -0.3 is 10.6 Å². The number of likely N-dealkylation sites (N-methyl/N-ethyl adjacent to an activating group) is 1. The van der Waals surface area contributed by atoms with Gasteiger partial charge in [0.2, 0.25) is 5.91 Å². The lowest BCUT2D eigenvalue weighted by Gasteiger charge is -2.05. The SMILES string of the molecule is CCCCCCCCCCNC(=O)CNCC. The standard InChI is InChI=1S/C14H30N2O/c1-3-5-6-7-8-9-10-11-12-16-14(17)13-15-4-2/h15H,3-13H2,1-2H3,(H,16,17). The van der Waals surface area contributed by atoms with E-state index in [-0.39, 0.29) is 5.91 Å². The van der Waals surface area contributed by atoms with E-state index < -0.39 is 0 Å². The maximum Gasteiger partial charge on any atom is 0.233 e. The molecule has 0 aliphatic carbocycles. The summed E-state index contributed by atoms with van der Waals surface area (Å²) in [7, 11) is 0. The van der Waals surface area contributed by atoms with E-state index in [1.54, 1.807) is 0 Å². The van der Waals surface area contributed by atoms with E-state index in [2.05, 4.69) is 17.6 Å². The summed E-state index contributed by atoms with van der Waals surface area (Å²) < 4.78 is 0. The third kappa shape index (κ3) is 13.4. The fourth-order valence-electron chi connectivity index (χ4n) is 1.79. The highest BCUT2D eigenvalue weighted by Crippen LogP contribution is 2.07. The summed E-state index contributed by atoms with van der Waals surface area (Å²) in [6.07, 6.45) is 10.5. The monoisotopic (exact) mass is 242 g/mol. The maximum atomic E-state index is 11.2. The van der Waals surface area contributed by atoms with E-state index in [4.69, 9.17) is 0 Å². The summed E-state index contributed by atoms with van der Waals surface area (Å²) in [5.74, 6) is 0.120. The Labute approximate surface area is 107 Å². The van der Waals surface area contributed by atoms with Crippen molar-refractivity contribution in [1.82, 2.24) is 10.6 Å². The number of hydrogen-bond donors (Lipinski definition) is 2. The summed E-state index contributed by atoms with van der Waals surface area (Å²) in [4.78, 5) is 11.2. The van der Waals surface area contributed by atoms with Crippen molar-refractivity contribution in [2.45, 2.75) is 65.2 Å². The van der Waals surface area contributed by atoms with Crippen LogP contribution in [-0.4, -0.2) is 25.5 Å². The zero-order valence-electron chi connectivity index (χ0n) is 11.7. The molecule has 1 amide bonds. The molecule has 0 saturated carbocycles. The van der Waals surface area contributed by atoms with Crippen molar-refractivity contribution in [3.8, 4) is 0 Å². The van der Waals surface area contributed by atoms with E-state index in [9.17, 15) is 4.79 Å². The lowest BCUT2D eigenvalue weighted by molar-refractivity contribution is -0.120. The lowest BCUT2D eigenvalue weighted by atomic mass is 10.1. The van der Waals surface area contributed by atoms with Crippen LogP contribution < -0.4 is 10.6 Å². The van der Waals surface area contributed by atoms with Crippen LogP contribution >= 0.6 is 0 Å². The molecule has 0 aromatic carbocycles. The first-order valence-corrected chi connectivity index (χ1v) is 7.28. The van der Waals surface area contributed by atoms with Gasteiger partial charge in [-0.2, -0.15) is 0 Å². The first-order chi connectivity index (χ1) is 8.31. The third-order valence-corrected chi connectivity index (χ3v) is 2.89. The summed E-state index contributed by atoms with van der Waals surface area (Å²) in [5.41, 5.74) is 0. The molecule has 0 bridgehead atoms. The third-order valence-electron chi connectivity index (χ3n) is 2.89. The largest absolute Gasteiger partial charge is 0.355 e. The van der Waals surface area contributed by atoms with Gasteiger partial charge in [-0.05, 0) is 13.0 Å². The molecular formula is C14H30N2O. The molecule has 3 heteroatoms. The fourth-order valence-corrected chi connectivity index (χ4v) is 1.79. The van der Waals surface area contributed by atoms with Crippen molar-refractivity contribution in [2.24, 2.45) is 0 Å². The Balaban J connectivity index is 3.05. The quantitative estimate of drug-likeness (QED) is 0.517. The Morgan fingerprint density at radius 2 is 1.47 bits per heavy atom. The number of amides is 1. The average molecular weight is 242 g/mol. The summed E-state index contributed by atoms with van der Waals surface area (Å²) in [5, 5.41) is 5.94. The molecule has 0 heterocycles. The fraction of sp³-hybridized carbons (Fsp3) is 0.929. The Hall–Kier alpha value is -0.570. The number of nitrogens with one attached hydrogen (secondary N) is 2. The Morgan fingerprint density at radius 1 is 0.882 bits per heavy atom. The van der Waals surface area contributed by atoms with Crippen LogP contribution in [0.3, 0.4) is 0 Å². The molecule has 0 fully saturated rings. The predicted octanol–water partition coefficient (Wildman–Crippen LogP) is 2.85. The van der Waals surface area contributed by atoms with Crippen LogP contribution in [-0.2, 0) is 4.79 Å². The zero-order chi connectivity index (χ0) is 12.8. The number of rotatable bonds is 12. The van der Waals surface area contributed by atoms with Crippen LogP contribution in [0.2, 0.25) is 0 Å². The predicted molar refractivity (Wildman–Crippen MR) is 74.2 cm³/mol. The van der Waals surface area contributed by atoms with E-state index in [1.807, 2.05) is 6.92 Å². The maximum absolute atomic E-state index is 11.2. The highest BCUT2D eigenvalue weighted by Gasteiger charge is 1.97. The van der Waals surface area contributed by atoms with Crippen LogP contribution in [0.1, 0.15) is 65.2 Å². The Morgan fingerprint density at radius 3 is 2.06 bits per heavy atom. The lowest BCUT2D eigenvalue weighted by Crippen LogP contribution is -2.34. The topological polar surface area (TPSA) is 41.1 Å². The number of hydrogen-bond acceptors (Lipinski definition) is 2. The molecule has 2 N–H and O–H groups in total. The van der Waals surface area contributed by atoms with Crippen molar-refractivity contribution in [1.29, 1.82) is 0 Å². The van der Waals surface area contributed by atoms with Gasteiger partial charge in [0.15, 0.2) is 0 Å². The highest BCUT2D eigenvalue weighted by molar-refractivity contribution is 5.77. The van der Waals surface area contributed by atoms with Crippen molar-refractivity contribution in [3.05, 3.63) is 0 Å². The molecule has 0 atom stereocenters. The van der Waals surface area contributed by atoms with Crippen molar-refractivity contribution >= 4 is 5.91 Å². The first-order valence-electron chi connectivity index (χ1n) is 7.28. The second kappa shape index (κ2) is 13.5. The van der Waals surface area contributed by atoms with E-state index in [0.717, 1.165) is 19.5 Å². The average Bonchev–Trinajstić information content (AvgIpc) is 2.34. The van der Waals surface area contributed by atoms with Crippen molar-refractivity contribution < 1.29 is 4.79 Å². The van der Waals surface area contributed by atoms with Crippen LogP contribution in [0, 0.1) is 0 Å². The summed E-state index contributed by atoms with van der Waals surface area (Å²) in [6.45, 7) is 6.39. The minimum Gasteiger partial charge on any atom is -0.355 e. The van der Waals surface area contributed by atoms with Gasteiger partial charge in [0, 0.05) is 6.54 Å². The van der Waals surface area contributed by atoms with Crippen LogP contribution in [0.5, 0.6) is 0 Å². The van der Waals surface area contributed by atoms with Crippen LogP contribution in [0.4, 0.5) is 0 Å². The van der Waals surface area contributed by atoms with Gasteiger partial charge in [0.05, 0.1) is 6.54 Å². The molecule has 0 aromatic heterocycles. The van der Waals surface area contributed by atoms with Crippen molar-refractivity contribution in [2.75, 3.05) is 19.6 Å². The molecule has 0 unspecified atom stereocenters. The smallest absolute Gasteiger partial charge is 0.233 e. The molecule has 0 radical (unpaired) electrons. The molecule has 0 saturated heterocycles. The summed E-state index contributed by atoms with van der Waals surface area (Å²) >= 11 is 0. The minimum absolute atomic E-state index is 0.120. The van der Waals surface area contributed by atoms with Crippen molar-refractivity contribution in [3.63, 3.8) is 0 Å². The Kier molecular flexibility index (Phi) is 13.0. The number of unbranched alkanes of at least 4 members (excludes halogenated alkanes) is 7. The van der Waals surface area contributed by atoms with Crippen LogP contribution in [0.25, 0.3) is 0 Å². The highest BCUT2D eigenvalue weighted by atomic mass is 16.1. The Bertz CT molecular complexity index is 172. The molecule has 0 aliphatic heterocycles. The normalized spacial score (nSPS) is 10.5. The van der Waals surface area contributed by atoms with E-state index >= 15 is 0 Å². The molecular weight excluding hydrogens is 212 g/mol. The van der Waals surface area contributed by atoms with Gasteiger partial charge in [-0.15, -0.1) is 0 Å². The molecule has 0 rings (SSSR count). The van der Waals surface area contributed by atoms with Gasteiger partial charge in [-0.3, -0.25) is 4.79 Å². The summed E-state index contributed by atoms with van der Waals surface area (Å²) in [6, 6.07) is 0. The minimum atomic E-state index is 0.120. The molecule has 102 valence electrons. The van der Waals surface area contributed by atoms with Gasteiger partial charge in [0.25, 0.3) is 0 Å². The van der Waals surface area contributed by atoms with Gasteiger partial charge >= 0.3 is 0 Å². The van der Waals surface area contributed by atoms with Gasteiger partial charge in [-0.25, -0.2) is 0 Å². The number of carbonyl (C=O) groups is 1.